The summed E-state index contributed by atoms with van der Waals surface area (Å²) in [6.07, 6.45) is 1.55. The van der Waals surface area contributed by atoms with Crippen LogP contribution in [0.3, 0.4) is 0 Å². The van der Waals surface area contributed by atoms with Crippen molar-refractivity contribution in [3.63, 3.8) is 0 Å². The van der Waals surface area contributed by atoms with E-state index in [1.807, 2.05) is 13.0 Å². The van der Waals surface area contributed by atoms with Crippen molar-refractivity contribution in [2.45, 2.75) is 20.8 Å². The number of nitrogens with zero attached hydrogens (tertiary/aromatic N) is 1. The van der Waals surface area contributed by atoms with Crippen LogP contribution in [0.15, 0.2) is 57.6 Å². The SMILES string of the molecule is CCOC(=O)/C(=C(\C)O)c1c(-c2ccccn2)oc(=O)c2cc(C)ccc12. The highest BCUT2D eigenvalue weighted by atomic mass is 16.5. The zero-order valence-electron chi connectivity index (χ0n) is 15.3. The van der Waals surface area contributed by atoms with Crippen molar-refractivity contribution in [2.75, 3.05) is 6.61 Å². The number of hydrogen-bond donors (Lipinski definition) is 1. The van der Waals surface area contributed by atoms with E-state index in [9.17, 15) is 14.7 Å². The highest BCUT2D eigenvalue weighted by molar-refractivity contribution is 6.22. The predicted octanol–water partition coefficient (Wildman–Crippen LogP) is 4.02. The van der Waals surface area contributed by atoms with Crippen LogP contribution in [0.5, 0.6) is 0 Å². The Bertz CT molecular complexity index is 1090. The fourth-order valence-corrected chi connectivity index (χ4v) is 2.93. The topological polar surface area (TPSA) is 89.6 Å². The van der Waals surface area contributed by atoms with Gasteiger partial charge in [-0.3, -0.25) is 4.98 Å². The number of carbonyl (C=O) groups excluding carboxylic acids is 1. The minimum Gasteiger partial charge on any atom is -0.512 e. The molecule has 0 saturated carbocycles. The zero-order chi connectivity index (χ0) is 19.6. The number of pyridine rings is 1. The summed E-state index contributed by atoms with van der Waals surface area (Å²) < 4.78 is 10.7. The maximum atomic E-state index is 12.6. The fourth-order valence-electron chi connectivity index (χ4n) is 2.93. The molecule has 0 unspecified atom stereocenters. The highest BCUT2D eigenvalue weighted by Gasteiger charge is 2.26. The van der Waals surface area contributed by atoms with E-state index in [2.05, 4.69) is 4.98 Å². The molecule has 0 aliphatic rings. The third-order valence-electron chi connectivity index (χ3n) is 4.08. The van der Waals surface area contributed by atoms with E-state index < -0.39 is 11.6 Å². The van der Waals surface area contributed by atoms with Gasteiger partial charge in [-0.1, -0.05) is 23.8 Å². The van der Waals surface area contributed by atoms with Gasteiger partial charge in [-0.05, 0) is 39.0 Å². The van der Waals surface area contributed by atoms with Gasteiger partial charge in [0.15, 0.2) is 5.76 Å². The van der Waals surface area contributed by atoms with Crippen LogP contribution in [0.1, 0.15) is 25.0 Å². The summed E-state index contributed by atoms with van der Waals surface area (Å²) in [4.78, 5) is 29.4. The summed E-state index contributed by atoms with van der Waals surface area (Å²) in [7, 11) is 0. The van der Waals surface area contributed by atoms with Crippen molar-refractivity contribution in [1.82, 2.24) is 4.98 Å². The minimum atomic E-state index is -0.703. The Balaban J connectivity index is 2.47. The van der Waals surface area contributed by atoms with Gasteiger partial charge in [0.05, 0.1) is 12.0 Å². The highest BCUT2D eigenvalue weighted by Crippen LogP contribution is 2.35. The molecule has 0 atom stereocenters. The number of benzene rings is 1. The van der Waals surface area contributed by atoms with Gasteiger partial charge in [0.25, 0.3) is 0 Å². The van der Waals surface area contributed by atoms with Crippen LogP contribution in [-0.2, 0) is 9.53 Å². The number of rotatable bonds is 4. The summed E-state index contributed by atoms with van der Waals surface area (Å²) >= 11 is 0. The molecule has 0 bridgehead atoms. The fraction of sp³-hybridized carbons (Fsp3) is 0.190. The van der Waals surface area contributed by atoms with Crippen LogP contribution in [0.2, 0.25) is 0 Å². The Labute approximate surface area is 155 Å². The number of ether oxygens (including phenoxy) is 1. The van der Waals surface area contributed by atoms with Gasteiger partial charge in [-0.15, -0.1) is 0 Å². The quantitative estimate of drug-likeness (QED) is 0.427. The Morgan fingerprint density at radius 1 is 1.22 bits per heavy atom. The average molecular weight is 365 g/mol. The molecule has 2 heterocycles. The average Bonchev–Trinajstić information content (AvgIpc) is 2.64. The van der Waals surface area contributed by atoms with Crippen LogP contribution in [0.25, 0.3) is 27.8 Å². The third kappa shape index (κ3) is 3.46. The molecule has 0 saturated heterocycles. The molecule has 0 amide bonds. The van der Waals surface area contributed by atoms with E-state index in [1.165, 1.54) is 6.92 Å². The van der Waals surface area contributed by atoms with Gasteiger partial charge in [-0.25, -0.2) is 9.59 Å². The lowest BCUT2D eigenvalue weighted by Crippen LogP contribution is -2.13. The Morgan fingerprint density at radius 3 is 2.63 bits per heavy atom. The number of aromatic nitrogens is 1. The van der Waals surface area contributed by atoms with Crippen molar-refractivity contribution in [2.24, 2.45) is 0 Å². The second-order valence-electron chi connectivity index (χ2n) is 6.04. The van der Waals surface area contributed by atoms with Crippen molar-refractivity contribution in [3.8, 4) is 11.5 Å². The molecule has 27 heavy (non-hydrogen) atoms. The molecule has 0 aliphatic heterocycles. The van der Waals surface area contributed by atoms with E-state index in [0.717, 1.165) is 5.56 Å². The standard InChI is InChI=1S/C21H19NO5/c1-4-26-21(25)17(13(3)23)18-14-9-8-12(2)11-15(14)20(24)27-19(18)16-7-5-6-10-22-16/h5-11,23H,4H2,1-3H3/b17-13+. The van der Waals surface area contributed by atoms with Crippen LogP contribution >= 0.6 is 0 Å². The molecule has 6 nitrogen and oxygen atoms in total. The number of fused-ring (bicyclic) bond motifs is 1. The smallest absolute Gasteiger partial charge is 0.344 e. The molecule has 0 radical (unpaired) electrons. The first-order valence-electron chi connectivity index (χ1n) is 8.50. The van der Waals surface area contributed by atoms with E-state index in [-0.39, 0.29) is 29.3 Å². The van der Waals surface area contributed by atoms with E-state index in [0.29, 0.717) is 16.5 Å². The van der Waals surface area contributed by atoms with Crippen LogP contribution < -0.4 is 5.63 Å². The van der Waals surface area contributed by atoms with E-state index >= 15 is 0 Å². The summed E-state index contributed by atoms with van der Waals surface area (Å²) in [5.74, 6) is -0.833. The van der Waals surface area contributed by atoms with E-state index in [1.54, 1.807) is 43.5 Å². The van der Waals surface area contributed by atoms with Crippen molar-refractivity contribution in [3.05, 3.63) is 69.9 Å². The van der Waals surface area contributed by atoms with E-state index in [4.69, 9.17) is 9.15 Å². The summed E-state index contributed by atoms with van der Waals surface area (Å²) in [5, 5.41) is 11.0. The largest absolute Gasteiger partial charge is 0.512 e. The number of aryl methyl sites for hydroxylation is 1. The Morgan fingerprint density at radius 2 is 2.00 bits per heavy atom. The lowest BCUT2D eigenvalue weighted by atomic mass is 9.95. The molecule has 3 rings (SSSR count). The van der Waals surface area contributed by atoms with Crippen molar-refractivity contribution < 1.29 is 19.1 Å². The van der Waals surface area contributed by atoms with Gasteiger partial charge in [0.2, 0.25) is 0 Å². The van der Waals surface area contributed by atoms with Gasteiger partial charge in [-0.2, -0.15) is 0 Å². The molecule has 0 fully saturated rings. The third-order valence-corrected chi connectivity index (χ3v) is 4.08. The number of aliphatic hydroxyl groups is 1. The maximum Gasteiger partial charge on any atom is 0.344 e. The van der Waals surface area contributed by atoms with Crippen LogP contribution in [0.4, 0.5) is 0 Å². The Hall–Kier alpha value is -3.41. The van der Waals surface area contributed by atoms with Gasteiger partial charge >= 0.3 is 11.6 Å². The molecule has 6 heteroatoms. The Kier molecular flexibility index (Phi) is 5.07. The summed E-state index contributed by atoms with van der Waals surface area (Å²) in [6, 6.07) is 10.4. The number of esters is 1. The lowest BCUT2D eigenvalue weighted by molar-refractivity contribution is -0.136. The molecule has 2 aromatic heterocycles. The number of aliphatic hydroxyl groups excluding tert-OH is 1. The monoisotopic (exact) mass is 365 g/mol. The first-order chi connectivity index (χ1) is 12.9. The zero-order valence-corrected chi connectivity index (χ0v) is 15.3. The van der Waals surface area contributed by atoms with Crippen LogP contribution in [-0.4, -0.2) is 22.7 Å². The van der Waals surface area contributed by atoms with Gasteiger partial charge in [0, 0.05) is 17.1 Å². The van der Waals surface area contributed by atoms with Gasteiger partial charge < -0.3 is 14.3 Å². The second-order valence-corrected chi connectivity index (χ2v) is 6.04. The normalized spacial score (nSPS) is 12.0. The maximum absolute atomic E-state index is 12.6. The summed E-state index contributed by atoms with van der Waals surface area (Å²) in [5.41, 5.74) is 0.914. The molecular weight excluding hydrogens is 346 g/mol. The molecule has 1 aromatic carbocycles. The molecular formula is C21H19NO5. The van der Waals surface area contributed by atoms with Crippen molar-refractivity contribution >= 4 is 22.3 Å². The molecule has 3 aromatic rings. The first-order valence-corrected chi connectivity index (χ1v) is 8.50. The molecule has 138 valence electrons. The second kappa shape index (κ2) is 7.45. The molecule has 1 N–H and O–H groups in total. The summed E-state index contributed by atoms with van der Waals surface area (Å²) in [6.45, 7) is 5.06. The predicted molar refractivity (Wildman–Crippen MR) is 102 cm³/mol. The number of carbonyl (C=O) groups is 1. The van der Waals surface area contributed by atoms with Gasteiger partial charge in [0.1, 0.15) is 17.0 Å². The van der Waals surface area contributed by atoms with Crippen molar-refractivity contribution in [1.29, 1.82) is 0 Å². The molecule has 0 aliphatic carbocycles. The first kappa shape index (κ1) is 18.4. The number of allylic oxidation sites excluding steroid dienone is 1. The molecule has 0 spiro atoms. The minimum absolute atomic E-state index is 0.0601. The lowest BCUT2D eigenvalue weighted by Gasteiger charge is -2.14. The van der Waals surface area contributed by atoms with Crippen LogP contribution in [0, 0.1) is 6.92 Å². The number of hydrogen-bond acceptors (Lipinski definition) is 6.